The molecule has 1 atom stereocenters. The number of rotatable bonds is 9. The molecule has 27 heavy (non-hydrogen) atoms. The lowest BCUT2D eigenvalue weighted by Gasteiger charge is -2.24. The molecule has 2 aromatic carbocycles. The zero-order valence-corrected chi connectivity index (χ0v) is 16.7. The van der Waals surface area contributed by atoms with Gasteiger partial charge in [-0.1, -0.05) is 36.4 Å². The van der Waals surface area contributed by atoms with E-state index in [0.717, 1.165) is 16.5 Å². The Morgan fingerprint density at radius 3 is 2.74 bits per heavy atom. The molecule has 142 valence electrons. The fourth-order valence-corrected chi connectivity index (χ4v) is 3.81. The first kappa shape index (κ1) is 19.4. The molecule has 3 rings (SSSR count). The standard InChI is InChI=1S/C22H26N2O2S/c1-24(2)20(18-12-14-27-16-18)15-23-22(25)11-6-13-26-21-10-5-8-17-7-3-4-9-19(17)21/h3-5,7-10,12,14,16,20H,6,11,13,15H2,1-2H3,(H,23,25). The van der Waals surface area contributed by atoms with Crippen molar-refractivity contribution in [2.75, 3.05) is 27.2 Å². The number of amides is 1. The molecule has 0 radical (unpaired) electrons. The Kier molecular flexibility index (Phi) is 6.85. The number of thiophene rings is 1. The van der Waals surface area contributed by atoms with Crippen molar-refractivity contribution in [1.82, 2.24) is 10.2 Å². The Bertz CT molecular complexity index is 856. The summed E-state index contributed by atoms with van der Waals surface area (Å²) < 4.78 is 5.91. The molecule has 0 aliphatic rings. The highest BCUT2D eigenvalue weighted by molar-refractivity contribution is 7.07. The normalized spacial score (nSPS) is 12.3. The lowest BCUT2D eigenvalue weighted by molar-refractivity contribution is -0.121. The van der Waals surface area contributed by atoms with Crippen LogP contribution in [0.3, 0.4) is 0 Å². The van der Waals surface area contributed by atoms with Crippen molar-refractivity contribution in [2.24, 2.45) is 0 Å². The summed E-state index contributed by atoms with van der Waals surface area (Å²) in [6.45, 7) is 1.15. The zero-order chi connectivity index (χ0) is 19.1. The smallest absolute Gasteiger partial charge is 0.220 e. The van der Waals surface area contributed by atoms with Crippen LogP contribution < -0.4 is 10.1 Å². The number of nitrogens with one attached hydrogen (secondary N) is 1. The average Bonchev–Trinajstić information content (AvgIpc) is 3.19. The molecule has 0 saturated heterocycles. The third-order valence-corrected chi connectivity index (χ3v) is 5.30. The predicted molar refractivity (Wildman–Crippen MR) is 112 cm³/mol. The second kappa shape index (κ2) is 9.53. The van der Waals surface area contributed by atoms with Crippen molar-refractivity contribution in [1.29, 1.82) is 0 Å². The Morgan fingerprint density at radius 2 is 1.96 bits per heavy atom. The van der Waals surface area contributed by atoms with E-state index >= 15 is 0 Å². The van der Waals surface area contributed by atoms with Gasteiger partial charge < -0.3 is 15.0 Å². The van der Waals surface area contributed by atoms with Gasteiger partial charge >= 0.3 is 0 Å². The van der Waals surface area contributed by atoms with Gasteiger partial charge in [-0.2, -0.15) is 11.3 Å². The van der Waals surface area contributed by atoms with Crippen LogP contribution in [0, 0.1) is 0 Å². The van der Waals surface area contributed by atoms with Gasteiger partial charge in [-0.3, -0.25) is 4.79 Å². The highest BCUT2D eigenvalue weighted by Gasteiger charge is 2.15. The first-order valence-electron chi connectivity index (χ1n) is 9.21. The summed E-state index contributed by atoms with van der Waals surface area (Å²) >= 11 is 1.68. The first-order valence-corrected chi connectivity index (χ1v) is 10.1. The van der Waals surface area contributed by atoms with Crippen LogP contribution in [-0.2, 0) is 4.79 Å². The van der Waals surface area contributed by atoms with Crippen molar-refractivity contribution >= 4 is 28.0 Å². The largest absolute Gasteiger partial charge is 0.493 e. The molecule has 0 saturated carbocycles. The number of hydrogen-bond donors (Lipinski definition) is 1. The molecule has 1 unspecified atom stereocenters. The minimum atomic E-state index is 0.0681. The molecule has 0 bridgehead atoms. The monoisotopic (exact) mass is 382 g/mol. The van der Waals surface area contributed by atoms with Crippen LogP contribution in [0.4, 0.5) is 0 Å². The lowest BCUT2D eigenvalue weighted by atomic mass is 10.1. The maximum atomic E-state index is 12.2. The number of carbonyl (C=O) groups is 1. The molecule has 4 nitrogen and oxygen atoms in total. The van der Waals surface area contributed by atoms with E-state index in [2.05, 4.69) is 45.2 Å². The fourth-order valence-electron chi connectivity index (χ4n) is 3.10. The molecule has 1 aromatic heterocycles. The summed E-state index contributed by atoms with van der Waals surface area (Å²) in [7, 11) is 4.07. The molecule has 1 N–H and O–H groups in total. The molecular formula is C22H26N2O2S. The molecule has 0 aliphatic heterocycles. The van der Waals surface area contributed by atoms with Gasteiger partial charge in [0.2, 0.25) is 5.91 Å². The molecular weight excluding hydrogens is 356 g/mol. The van der Waals surface area contributed by atoms with Crippen molar-refractivity contribution in [3.63, 3.8) is 0 Å². The van der Waals surface area contributed by atoms with Crippen LogP contribution in [0.2, 0.25) is 0 Å². The van der Waals surface area contributed by atoms with Gasteiger partial charge in [0.15, 0.2) is 0 Å². The summed E-state index contributed by atoms with van der Waals surface area (Å²) in [6, 6.07) is 16.5. The predicted octanol–water partition coefficient (Wildman–Crippen LogP) is 4.48. The van der Waals surface area contributed by atoms with Crippen LogP contribution >= 0.6 is 11.3 Å². The maximum absolute atomic E-state index is 12.2. The summed E-state index contributed by atoms with van der Waals surface area (Å²) in [5.41, 5.74) is 1.24. The van der Waals surface area contributed by atoms with E-state index in [1.807, 2.05) is 38.4 Å². The Hall–Kier alpha value is -2.37. The molecule has 3 aromatic rings. The van der Waals surface area contributed by atoms with Gasteiger partial charge in [-0.05, 0) is 54.4 Å². The van der Waals surface area contributed by atoms with Crippen LogP contribution in [0.15, 0.2) is 59.3 Å². The fraction of sp³-hybridized carbons (Fsp3) is 0.318. The first-order chi connectivity index (χ1) is 13.1. The molecule has 0 spiro atoms. The zero-order valence-electron chi connectivity index (χ0n) is 15.9. The second-order valence-electron chi connectivity index (χ2n) is 6.77. The van der Waals surface area contributed by atoms with Crippen molar-refractivity contribution < 1.29 is 9.53 Å². The number of nitrogens with zero attached hydrogens (tertiary/aromatic N) is 1. The Balaban J connectivity index is 1.43. The minimum absolute atomic E-state index is 0.0681. The Morgan fingerprint density at radius 1 is 1.15 bits per heavy atom. The number of benzene rings is 2. The highest BCUT2D eigenvalue weighted by atomic mass is 32.1. The molecule has 0 aliphatic carbocycles. The minimum Gasteiger partial charge on any atom is -0.493 e. The van der Waals surface area contributed by atoms with E-state index in [4.69, 9.17) is 4.74 Å². The second-order valence-corrected chi connectivity index (χ2v) is 7.55. The summed E-state index contributed by atoms with van der Waals surface area (Å²) in [5, 5.41) is 9.52. The van der Waals surface area contributed by atoms with Gasteiger partial charge in [-0.25, -0.2) is 0 Å². The van der Waals surface area contributed by atoms with Gasteiger partial charge in [0.25, 0.3) is 0 Å². The lowest BCUT2D eigenvalue weighted by Crippen LogP contribution is -2.34. The number of ether oxygens (including phenoxy) is 1. The van der Waals surface area contributed by atoms with E-state index in [0.29, 0.717) is 26.0 Å². The highest BCUT2D eigenvalue weighted by Crippen LogP contribution is 2.25. The average molecular weight is 383 g/mol. The van der Waals surface area contributed by atoms with Gasteiger partial charge in [0, 0.05) is 18.4 Å². The molecule has 1 amide bonds. The number of hydrogen-bond acceptors (Lipinski definition) is 4. The van der Waals surface area contributed by atoms with E-state index in [-0.39, 0.29) is 11.9 Å². The Labute approximate surface area is 164 Å². The SMILES string of the molecule is CN(C)C(CNC(=O)CCCOc1cccc2ccccc12)c1ccsc1. The summed E-state index contributed by atoms with van der Waals surface area (Å²) in [5.74, 6) is 0.942. The van der Waals surface area contributed by atoms with Crippen LogP contribution in [0.1, 0.15) is 24.4 Å². The number of likely N-dealkylation sites (N-methyl/N-ethyl adjacent to an activating group) is 1. The number of carbonyl (C=O) groups excluding carboxylic acids is 1. The number of fused-ring (bicyclic) bond motifs is 1. The van der Waals surface area contributed by atoms with Gasteiger partial charge in [0.05, 0.1) is 12.6 Å². The maximum Gasteiger partial charge on any atom is 0.220 e. The third kappa shape index (κ3) is 5.31. The summed E-state index contributed by atoms with van der Waals surface area (Å²) in [6.07, 6.45) is 1.16. The molecule has 5 heteroatoms. The van der Waals surface area contributed by atoms with E-state index in [1.54, 1.807) is 11.3 Å². The van der Waals surface area contributed by atoms with Crippen molar-refractivity contribution in [2.45, 2.75) is 18.9 Å². The van der Waals surface area contributed by atoms with Crippen molar-refractivity contribution in [3.05, 3.63) is 64.9 Å². The summed E-state index contributed by atoms with van der Waals surface area (Å²) in [4.78, 5) is 14.3. The van der Waals surface area contributed by atoms with Gasteiger partial charge in [0.1, 0.15) is 5.75 Å². The van der Waals surface area contributed by atoms with Crippen LogP contribution in [0.5, 0.6) is 5.75 Å². The van der Waals surface area contributed by atoms with Crippen LogP contribution in [0.25, 0.3) is 10.8 Å². The topological polar surface area (TPSA) is 41.6 Å². The van der Waals surface area contributed by atoms with E-state index in [9.17, 15) is 4.79 Å². The molecule has 0 fully saturated rings. The molecule has 1 heterocycles. The third-order valence-electron chi connectivity index (χ3n) is 4.60. The van der Waals surface area contributed by atoms with E-state index < -0.39 is 0 Å². The van der Waals surface area contributed by atoms with E-state index in [1.165, 1.54) is 5.56 Å². The van der Waals surface area contributed by atoms with Crippen LogP contribution in [-0.4, -0.2) is 38.1 Å². The van der Waals surface area contributed by atoms with Crippen molar-refractivity contribution in [3.8, 4) is 5.75 Å². The quantitative estimate of drug-likeness (QED) is 0.555. The van der Waals surface area contributed by atoms with Gasteiger partial charge in [-0.15, -0.1) is 0 Å².